The fourth-order valence-corrected chi connectivity index (χ4v) is 3.74. The average molecular weight is 316 g/mol. The normalized spacial score (nSPS) is 22.1. The Bertz CT molecular complexity index is 532. The summed E-state index contributed by atoms with van der Waals surface area (Å²) in [5, 5.41) is 3.15. The third-order valence-corrected chi connectivity index (χ3v) is 5.27. The van der Waals surface area contributed by atoms with Crippen LogP contribution in [0.25, 0.3) is 0 Å². The van der Waals surface area contributed by atoms with Gasteiger partial charge in [0.25, 0.3) is 5.91 Å². The van der Waals surface area contributed by atoms with Crippen molar-refractivity contribution in [3.8, 4) is 0 Å². The van der Waals surface area contributed by atoms with Crippen molar-refractivity contribution in [2.24, 2.45) is 0 Å². The largest absolute Gasteiger partial charge is 0.398 e. The highest BCUT2D eigenvalue weighted by molar-refractivity contribution is 5.99. The molecule has 5 nitrogen and oxygen atoms in total. The number of carbonyl (C=O) groups is 1. The molecule has 2 aliphatic heterocycles. The molecular formula is C18H28N4O. The molecule has 1 amide bonds. The first-order valence-corrected chi connectivity index (χ1v) is 8.71. The lowest BCUT2D eigenvalue weighted by atomic mass is 9.98. The Morgan fingerprint density at radius 3 is 2.39 bits per heavy atom. The van der Waals surface area contributed by atoms with Crippen LogP contribution in [0.5, 0.6) is 0 Å². The summed E-state index contributed by atoms with van der Waals surface area (Å²) >= 11 is 0. The van der Waals surface area contributed by atoms with E-state index in [1.807, 2.05) is 12.1 Å². The minimum atomic E-state index is -0.0409. The lowest BCUT2D eigenvalue weighted by Crippen LogP contribution is -2.50. The van der Waals surface area contributed by atoms with Crippen LogP contribution in [0.3, 0.4) is 0 Å². The van der Waals surface area contributed by atoms with Gasteiger partial charge in [-0.25, -0.2) is 0 Å². The molecule has 5 heteroatoms. The molecule has 0 spiro atoms. The molecule has 0 radical (unpaired) electrons. The Morgan fingerprint density at radius 1 is 1.09 bits per heavy atom. The van der Waals surface area contributed by atoms with Gasteiger partial charge in [-0.1, -0.05) is 12.1 Å². The number of benzene rings is 1. The van der Waals surface area contributed by atoms with Gasteiger partial charge in [0.2, 0.25) is 0 Å². The Kier molecular flexibility index (Phi) is 5.18. The molecule has 2 fully saturated rings. The van der Waals surface area contributed by atoms with Gasteiger partial charge in [-0.15, -0.1) is 0 Å². The highest BCUT2D eigenvalue weighted by Crippen LogP contribution is 2.21. The van der Waals surface area contributed by atoms with Crippen LogP contribution in [0, 0.1) is 0 Å². The SMILES string of the molecule is CN1CCC(N2CCC(NC(=O)c3ccccc3N)CC2)CC1. The predicted octanol–water partition coefficient (Wildman–Crippen LogP) is 1.56. The van der Waals surface area contributed by atoms with E-state index in [0.717, 1.165) is 32.0 Å². The molecule has 0 bridgehead atoms. The van der Waals surface area contributed by atoms with E-state index in [0.29, 0.717) is 11.3 Å². The van der Waals surface area contributed by atoms with Gasteiger partial charge in [0.05, 0.1) is 5.56 Å². The molecule has 0 atom stereocenters. The number of nitrogens with zero attached hydrogens (tertiary/aromatic N) is 2. The Labute approximate surface area is 138 Å². The first-order chi connectivity index (χ1) is 11.1. The summed E-state index contributed by atoms with van der Waals surface area (Å²) < 4.78 is 0. The van der Waals surface area contributed by atoms with E-state index >= 15 is 0 Å². The van der Waals surface area contributed by atoms with E-state index in [4.69, 9.17) is 5.73 Å². The van der Waals surface area contributed by atoms with Gasteiger partial charge in [0.1, 0.15) is 0 Å². The minimum Gasteiger partial charge on any atom is -0.398 e. The molecule has 3 rings (SSSR count). The number of amides is 1. The molecule has 1 aromatic carbocycles. The number of nitrogens with two attached hydrogens (primary N) is 1. The highest BCUT2D eigenvalue weighted by Gasteiger charge is 2.28. The lowest BCUT2D eigenvalue weighted by Gasteiger charge is -2.41. The maximum Gasteiger partial charge on any atom is 0.253 e. The first-order valence-electron chi connectivity index (χ1n) is 8.71. The van der Waals surface area contributed by atoms with E-state index < -0.39 is 0 Å². The van der Waals surface area contributed by atoms with Gasteiger partial charge >= 0.3 is 0 Å². The van der Waals surface area contributed by atoms with Crippen LogP contribution in [-0.2, 0) is 0 Å². The molecule has 3 N–H and O–H groups in total. The maximum atomic E-state index is 12.3. The number of hydrogen-bond acceptors (Lipinski definition) is 4. The van der Waals surface area contributed by atoms with Crippen LogP contribution in [0.2, 0.25) is 0 Å². The Balaban J connectivity index is 1.48. The molecule has 126 valence electrons. The van der Waals surface area contributed by atoms with Crippen LogP contribution >= 0.6 is 0 Å². The van der Waals surface area contributed by atoms with Crippen molar-refractivity contribution in [3.05, 3.63) is 29.8 Å². The molecule has 0 aromatic heterocycles. The van der Waals surface area contributed by atoms with Gasteiger partial charge in [0.15, 0.2) is 0 Å². The summed E-state index contributed by atoms with van der Waals surface area (Å²) in [4.78, 5) is 17.4. The van der Waals surface area contributed by atoms with E-state index in [1.54, 1.807) is 12.1 Å². The van der Waals surface area contributed by atoms with Crippen LogP contribution < -0.4 is 11.1 Å². The second-order valence-corrected chi connectivity index (χ2v) is 6.91. The van der Waals surface area contributed by atoms with Crippen molar-refractivity contribution in [1.29, 1.82) is 0 Å². The van der Waals surface area contributed by atoms with Crippen molar-refractivity contribution in [2.75, 3.05) is 39.0 Å². The monoisotopic (exact) mass is 316 g/mol. The van der Waals surface area contributed by atoms with E-state index in [2.05, 4.69) is 22.2 Å². The summed E-state index contributed by atoms with van der Waals surface area (Å²) in [5.41, 5.74) is 7.02. The second-order valence-electron chi connectivity index (χ2n) is 6.91. The molecule has 2 aliphatic rings. The average Bonchev–Trinajstić information content (AvgIpc) is 2.57. The van der Waals surface area contributed by atoms with Crippen LogP contribution in [0.4, 0.5) is 5.69 Å². The maximum absolute atomic E-state index is 12.3. The highest BCUT2D eigenvalue weighted by atomic mass is 16.1. The Morgan fingerprint density at radius 2 is 1.74 bits per heavy atom. The third-order valence-electron chi connectivity index (χ3n) is 5.27. The smallest absolute Gasteiger partial charge is 0.253 e. The third kappa shape index (κ3) is 4.03. The summed E-state index contributed by atoms with van der Waals surface area (Å²) in [6.07, 6.45) is 4.61. The zero-order chi connectivity index (χ0) is 16.2. The van der Waals surface area contributed by atoms with Gasteiger partial charge in [-0.2, -0.15) is 0 Å². The van der Waals surface area contributed by atoms with Gasteiger partial charge in [-0.05, 0) is 58.0 Å². The van der Waals surface area contributed by atoms with Crippen molar-refractivity contribution >= 4 is 11.6 Å². The number of hydrogen-bond donors (Lipinski definition) is 2. The fraction of sp³-hybridized carbons (Fsp3) is 0.611. The topological polar surface area (TPSA) is 61.6 Å². The first kappa shape index (κ1) is 16.3. The van der Waals surface area contributed by atoms with Gasteiger partial charge in [0, 0.05) is 30.9 Å². The zero-order valence-electron chi connectivity index (χ0n) is 14.0. The number of rotatable bonds is 3. The number of anilines is 1. The predicted molar refractivity (Wildman–Crippen MR) is 93.4 cm³/mol. The number of para-hydroxylation sites is 1. The molecule has 0 saturated carbocycles. The standard InChI is InChI=1S/C18H28N4O/c1-21-10-8-15(9-11-21)22-12-6-14(7-13-22)20-18(23)16-4-2-3-5-17(16)19/h2-5,14-15H,6-13,19H2,1H3,(H,20,23). The summed E-state index contributed by atoms with van der Waals surface area (Å²) in [6, 6.07) is 8.27. The number of nitrogens with one attached hydrogen (secondary N) is 1. The molecule has 0 aliphatic carbocycles. The van der Waals surface area contributed by atoms with Gasteiger partial charge in [-0.3, -0.25) is 4.79 Å². The minimum absolute atomic E-state index is 0.0409. The lowest BCUT2D eigenvalue weighted by molar-refractivity contribution is 0.0808. The number of nitrogen functional groups attached to an aromatic ring is 1. The molecule has 23 heavy (non-hydrogen) atoms. The molecule has 2 heterocycles. The number of likely N-dealkylation sites (tertiary alicyclic amines) is 2. The summed E-state index contributed by atoms with van der Waals surface area (Å²) in [5.74, 6) is -0.0409. The summed E-state index contributed by atoms with van der Waals surface area (Å²) in [7, 11) is 2.20. The van der Waals surface area contributed by atoms with E-state index in [-0.39, 0.29) is 11.9 Å². The molecular weight excluding hydrogens is 288 g/mol. The molecule has 0 unspecified atom stereocenters. The number of piperidine rings is 2. The quantitative estimate of drug-likeness (QED) is 0.831. The van der Waals surface area contributed by atoms with E-state index in [9.17, 15) is 4.79 Å². The number of carbonyl (C=O) groups excluding carboxylic acids is 1. The second kappa shape index (κ2) is 7.32. The van der Waals surface area contributed by atoms with E-state index in [1.165, 1.54) is 25.9 Å². The zero-order valence-corrected chi connectivity index (χ0v) is 14.0. The molecule has 1 aromatic rings. The molecule has 2 saturated heterocycles. The van der Waals surface area contributed by atoms with Crippen molar-refractivity contribution in [2.45, 2.75) is 37.8 Å². The fourth-order valence-electron chi connectivity index (χ4n) is 3.74. The summed E-state index contributed by atoms with van der Waals surface area (Å²) in [6.45, 7) is 4.58. The van der Waals surface area contributed by atoms with Crippen LogP contribution in [0.1, 0.15) is 36.0 Å². The van der Waals surface area contributed by atoms with Gasteiger partial charge < -0.3 is 20.9 Å². The van der Waals surface area contributed by atoms with Crippen LogP contribution in [-0.4, -0.2) is 61.0 Å². The van der Waals surface area contributed by atoms with Crippen molar-refractivity contribution in [1.82, 2.24) is 15.1 Å². The van der Waals surface area contributed by atoms with Crippen molar-refractivity contribution in [3.63, 3.8) is 0 Å². The van der Waals surface area contributed by atoms with Crippen LogP contribution in [0.15, 0.2) is 24.3 Å². The van der Waals surface area contributed by atoms with Crippen molar-refractivity contribution < 1.29 is 4.79 Å². The Hall–Kier alpha value is -1.59.